The maximum atomic E-state index is 12.3. The van der Waals surface area contributed by atoms with Crippen LogP contribution in [0.25, 0.3) is 10.9 Å². The number of hydrogen-bond donors (Lipinski definition) is 2. The van der Waals surface area contributed by atoms with E-state index >= 15 is 0 Å². The molecule has 1 aliphatic heterocycles. The van der Waals surface area contributed by atoms with Crippen LogP contribution < -0.4 is 5.32 Å². The first-order chi connectivity index (χ1) is 11.7. The fourth-order valence-corrected chi connectivity index (χ4v) is 3.44. The molecule has 128 valence electrons. The van der Waals surface area contributed by atoms with E-state index in [2.05, 4.69) is 22.1 Å². The number of ketones is 1. The fraction of sp³-hybridized carbons (Fsp3) is 0.474. The summed E-state index contributed by atoms with van der Waals surface area (Å²) in [7, 11) is 0. The summed E-state index contributed by atoms with van der Waals surface area (Å²) in [6.07, 6.45) is 6.31. The molecule has 2 heterocycles. The van der Waals surface area contributed by atoms with Gasteiger partial charge < -0.3 is 15.2 Å². The van der Waals surface area contributed by atoms with Gasteiger partial charge in [0.15, 0.2) is 0 Å². The number of piperidine rings is 1. The Morgan fingerprint density at radius 1 is 1.29 bits per heavy atom. The van der Waals surface area contributed by atoms with Crippen molar-refractivity contribution in [2.75, 3.05) is 19.6 Å². The number of carbonyl (C=O) groups excluding carboxylic acids is 2. The third kappa shape index (κ3) is 3.67. The number of aromatic nitrogens is 1. The summed E-state index contributed by atoms with van der Waals surface area (Å²) in [5, 5.41) is 3.55. The number of carbonyl (C=O) groups is 2. The zero-order valence-electron chi connectivity index (χ0n) is 14.2. The minimum Gasteiger partial charge on any atom is -0.360 e. The van der Waals surface area contributed by atoms with Crippen LogP contribution in [-0.4, -0.2) is 47.3 Å². The average Bonchev–Trinajstić information content (AvgIpc) is 3.03. The molecule has 0 bridgehead atoms. The van der Waals surface area contributed by atoms with E-state index in [0.29, 0.717) is 18.2 Å². The van der Waals surface area contributed by atoms with Gasteiger partial charge in [-0.1, -0.05) is 24.6 Å². The Bertz CT molecular complexity index is 722. The number of fused-ring (bicyclic) bond motifs is 1. The Morgan fingerprint density at radius 2 is 2.12 bits per heavy atom. The van der Waals surface area contributed by atoms with E-state index < -0.39 is 11.7 Å². The van der Waals surface area contributed by atoms with E-state index in [1.165, 1.54) is 19.3 Å². The summed E-state index contributed by atoms with van der Waals surface area (Å²) < 4.78 is 0. The van der Waals surface area contributed by atoms with E-state index in [1.54, 1.807) is 6.20 Å². The van der Waals surface area contributed by atoms with Crippen LogP contribution >= 0.6 is 0 Å². The Hall–Kier alpha value is -2.14. The smallest absolute Gasteiger partial charge is 0.292 e. The predicted octanol–water partition coefficient (Wildman–Crippen LogP) is 2.73. The number of likely N-dealkylation sites (tertiary alicyclic amines) is 1. The molecule has 24 heavy (non-hydrogen) atoms. The molecule has 1 saturated heterocycles. The number of Topliss-reactive ketones (excluding diaryl/α,β-unsaturated/α-hetero) is 1. The molecule has 0 unspecified atom stereocenters. The lowest BCUT2D eigenvalue weighted by Gasteiger charge is -2.33. The van der Waals surface area contributed by atoms with E-state index in [9.17, 15) is 9.59 Å². The number of amides is 1. The van der Waals surface area contributed by atoms with Gasteiger partial charge in [-0.15, -0.1) is 0 Å². The summed E-state index contributed by atoms with van der Waals surface area (Å²) in [5.41, 5.74) is 1.31. The van der Waals surface area contributed by atoms with Gasteiger partial charge in [-0.05, 0) is 38.8 Å². The molecule has 1 aromatic carbocycles. The van der Waals surface area contributed by atoms with Gasteiger partial charge in [0.2, 0.25) is 0 Å². The SMILES string of the molecule is C[C@H]1CCCCN1CCCNC(=O)C(=O)c1c[nH]c2ccccc12. The van der Waals surface area contributed by atoms with Crippen LogP contribution in [0.5, 0.6) is 0 Å². The van der Waals surface area contributed by atoms with Crippen molar-refractivity contribution in [1.82, 2.24) is 15.2 Å². The molecule has 1 atom stereocenters. The van der Waals surface area contributed by atoms with Crippen LogP contribution in [0, 0.1) is 0 Å². The van der Waals surface area contributed by atoms with Crippen molar-refractivity contribution in [1.29, 1.82) is 0 Å². The molecule has 1 amide bonds. The van der Waals surface area contributed by atoms with Crippen molar-refractivity contribution in [3.8, 4) is 0 Å². The molecule has 1 fully saturated rings. The standard InChI is InChI=1S/C19H25N3O2/c1-14-7-4-5-11-22(14)12-6-10-20-19(24)18(23)16-13-21-17-9-3-2-8-15(16)17/h2-3,8-9,13-14,21H,4-7,10-12H2,1H3,(H,20,24)/t14-/m0/s1. The highest BCUT2D eigenvalue weighted by Gasteiger charge is 2.20. The van der Waals surface area contributed by atoms with Gasteiger partial charge in [0.05, 0.1) is 5.56 Å². The molecule has 1 aromatic heterocycles. The second-order valence-electron chi connectivity index (χ2n) is 6.57. The highest BCUT2D eigenvalue weighted by molar-refractivity contribution is 6.44. The number of H-pyrrole nitrogens is 1. The third-order valence-corrected chi connectivity index (χ3v) is 4.89. The first kappa shape index (κ1) is 16.7. The molecule has 0 aliphatic carbocycles. The number of nitrogens with one attached hydrogen (secondary N) is 2. The monoisotopic (exact) mass is 327 g/mol. The van der Waals surface area contributed by atoms with Gasteiger partial charge in [-0.2, -0.15) is 0 Å². The van der Waals surface area contributed by atoms with E-state index in [-0.39, 0.29) is 0 Å². The fourth-order valence-electron chi connectivity index (χ4n) is 3.44. The van der Waals surface area contributed by atoms with Crippen molar-refractivity contribution in [2.45, 2.75) is 38.6 Å². The summed E-state index contributed by atoms with van der Waals surface area (Å²) in [5.74, 6) is -0.995. The van der Waals surface area contributed by atoms with Crippen molar-refractivity contribution in [3.05, 3.63) is 36.0 Å². The molecule has 2 aromatic rings. The van der Waals surface area contributed by atoms with Gasteiger partial charge in [0.1, 0.15) is 0 Å². The van der Waals surface area contributed by atoms with Crippen LogP contribution in [0.2, 0.25) is 0 Å². The first-order valence-electron chi connectivity index (χ1n) is 8.79. The third-order valence-electron chi connectivity index (χ3n) is 4.89. The van der Waals surface area contributed by atoms with Crippen molar-refractivity contribution in [2.24, 2.45) is 0 Å². The maximum Gasteiger partial charge on any atom is 0.292 e. The molecule has 5 nitrogen and oxygen atoms in total. The largest absolute Gasteiger partial charge is 0.360 e. The number of aromatic amines is 1. The number of nitrogens with zero attached hydrogens (tertiary/aromatic N) is 1. The molecule has 0 saturated carbocycles. The van der Waals surface area contributed by atoms with E-state index in [4.69, 9.17) is 0 Å². The number of rotatable bonds is 6. The minimum absolute atomic E-state index is 0.438. The average molecular weight is 327 g/mol. The zero-order valence-corrected chi connectivity index (χ0v) is 14.2. The van der Waals surface area contributed by atoms with Crippen LogP contribution in [0.1, 0.15) is 43.0 Å². The predicted molar refractivity (Wildman–Crippen MR) is 95.1 cm³/mol. The Balaban J connectivity index is 1.49. The molecule has 1 aliphatic rings. The Kier molecular flexibility index (Phi) is 5.30. The van der Waals surface area contributed by atoms with Gasteiger partial charge in [-0.3, -0.25) is 9.59 Å². The summed E-state index contributed by atoms with van der Waals surface area (Å²) in [4.78, 5) is 29.9. The maximum absolute atomic E-state index is 12.3. The number of benzene rings is 1. The second-order valence-corrected chi connectivity index (χ2v) is 6.57. The van der Waals surface area contributed by atoms with Gasteiger partial charge in [0, 0.05) is 36.2 Å². The van der Waals surface area contributed by atoms with Crippen LogP contribution in [0.3, 0.4) is 0 Å². The summed E-state index contributed by atoms with van der Waals surface area (Å²) in [6, 6.07) is 8.13. The normalized spacial score (nSPS) is 18.6. The quantitative estimate of drug-likeness (QED) is 0.487. The van der Waals surface area contributed by atoms with Gasteiger partial charge in [0.25, 0.3) is 11.7 Å². The number of para-hydroxylation sites is 1. The molecule has 0 spiro atoms. The molecule has 0 radical (unpaired) electrons. The first-order valence-corrected chi connectivity index (χ1v) is 8.79. The number of hydrogen-bond acceptors (Lipinski definition) is 3. The van der Waals surface area contributed by atoms with Crippen molar-refractivity contribution >= 4 is 22.6 Å². The van der Waals surface area contributed by atoms with Crippen LogP contribution in [-0.2, 0) is 4.79 Å². The van der Waals surface area contributed by atoms with Gasteiger partial charge >= 0.3 is 0 Å². The molecule has 3 rings (SSSR count). The summed E-state index contributed by atoms with van der Waals surface area (Å²) >= 11 is 0. The zero-order chi connectivity index (χ0) is 16.9. The minimum atomic E-state index is -0.522. The molecule has 2 N–H and O–H groups in total. The Morgan fingerprint density at radius 3 is 2.96 bits per heavy atom. The molecule has 5 heteroatoms. The van der Waals surface area contributed by atoms with E-state index in [1.807, 2.05) is 24.3 Å². The topological polar surface area (TPSA) is 65.2 Å². The lowest BCUT2D eigenvalue weighted by Crippen LogP contribution is -2.39. The lowest BCUT2D eigenvalue weighted by atomic mass is 10.0. The molecular weight excluding hydrogens is 302 g/mol. The van der Waals surface area contributed by atoms with Crippen LogP contribution in [0.15, 0.2) is 30.5 Å². The van der Waals surface area contributed by atoms with Crippen LogP contribution in [0.4, 0.5) is 0 Å². The highest BCUT2D eigenvalue weighted by Crippen LogP contribution is 2.18. The molecular formula is C19H25N3O2. The summed E-state index contributed by atoms with van der Waals surface area (Å²) in [6.45, 7) is 4.92. The lowest BCUT2D eigenvalue weighted by molar-refractivity contribution is -0.117. The van der Waals surface area contributed by atoms with Crippen molar-refractivity contribution < 1.29 is 9.59 Å². The van der Waals surface area contributed by atoms with Gasteiger partial charge in [-0.25, -0.2) is 0 Å². The second kappa shape index (κ2) is 7.62. The highest BCUT2D eigenvalue weighted by atomic mass is 16.2. The Labute approximate surface area is 142 Å². The van der Waals surface area contributed by atoms with Crippen molar-refractivity contribution in [3.63, 3.8) is 0 Å². The van der Waals surface area contributed by atoms with E-state index in [0.717, 1.165) is 30.4 Å².